The third kappa shape index (κ3) is 3.52. The van der Waals surface area contributed by atoms with Crippen molar-refractivity contribution in [2.24, 2.45) is 0 Å². The topological polar surface area (TPSA) is 92.7 Å². The molecule has 8 heteroatoms. The lowest BCUT2D eigenvalue weighted by molar-refractivity contribution is -0.105. The predicted octanol–water partition coefficient (Wildman–Crippen LogP) is 0.576. The largest absolute Gasteiger partial charge is 0.446 e. The van der Waals surface area contributed by atoms with Gasteiger partial charge in [-0.3, -0.25) is 9.35 Å². The first-order valence-electron chi connectivity index (χ1n) is 3.59. The van der Waals surface area contributed by atoms with Gasteiger partial charge >= 0.3 is 10.4 Å². The van der Waals surface area contributed by atoms with Crippen LogP contribution in [-0.4, -0.2) is 19.4 Å². The molecular formula is C7H6FNO5S. The molecule has 0 unspecified atom stereocenters. The Kier molecular flexibility index (Phi) is 3.22. The number of hydrogen-bond donors (Lipinski definition) is 2. The number of carbonyl (C=O) groups is 1. The molecule has 1 aromatic rings. The summed E-state index contributed by atoms with van der Waals surface area (Å²) in [5, 5.41) is 2.16. The summed E-state index contributed by atoms with van der Waals surface area (Å²) in [6.45, 7) is 0. The van der Waals surface area contributed by atoms with Gasteiger partial charge in [0.15, 0.2) is 11.6 Å². The predicted molar refractivity (Wildman–Crippen MR) is 48.3 cm³/mol. The van der Waals surface area contributed by atoms with Gasteiger partial charge in [-0.05, 0) is 12.1 Å². The number of halogens is 1. The van der Waals surface area contributed by atoms with Crippen LogP contribution in [0, 0.1) is 5.82 Å². The van der Waals surface area contributed by atoms with Crippen LogP contribution in [0.4, 0.5) is 10.1 Å². The smallest absolute Gasteiger partial charge is 0.359 e. The number of hydrogen-bond acceptors (Lipinski definition) is 4. The molecule has 0 fully saturated rings. The lowest BCUT2D eigenvalue weighted by Gasteiger charge is -2.04. The van der Waals surface area contributed by atoms with E-state index in [2.05, 4.69) is 9.50 Å². The third-order valence-corrected chi connectivity index (χ3v) is 1.74. The van der Waals surface area contributed by atoms with Gasteiger partial charge in [0.25, 0.3) is 0 Å². The van der Waals surface area contributed by atoms with E-state index in [9.17, 15) is 17.6 Å². The fourth-order valence-electron chi connectivity index (χ4n) is 0.839. The molecule has 0 heterocycles. The maximum Gasteiger partial charge on any atom is 0.446 e. The van der Waals surface area contributed by atoms with Crippen molar-refractivity contribution in [3.05, 3.63) is 24.0 Å². The molecule has 6 nitrogen and oxygen atoms in total. The second-order valence-corrected chi connectivity index (χ2v) is 3.44. The Balaban J connectivity index is 3.05. The lowest BCUT2D eigenvalue weighted by Crippen LogP contribution is -2.08. The van der Waals surface area contributed by atoms with Crippen LogP contribution in [0.25, 0.3) is 0 Å². The molecule has 0 atom stereocenters. The first kappa shape index (κ1) is 11.4. The molecule has 15 heavy (non-hydrogen) atoms. The van der Waals surface area contributed by atoms with E-state index in [1.54, 1.807) is 0 Å². The molecule has 0 aliphatic heterocycles. The highest BCUT2D eigenvalue weighted by atomic mass is 32.3. The standard InChI is InChI=1S/C7H6FNO5S/c8-6-2-1-5(9-4-10)3-7(6)14-15(11,12)13/h1-4H,(H,9,10)(H,11,12,13). The highest BCUT2D eigenvalue weighted by Gasteiger charge is 2.12. The molecule has 0 radical (unpaired) electrons. The van der Waals surface area contributed by atoms with Crippen molar-refractivity contribution in [3.63, 3.8) is 0 Å². The maximum atomic E-state index is 12.9. The van der Waals surface area contributed by atoms with Crippen LogP contribution in [0.15, 0.2) is 18.2 Å². The molecule has 0 aliphatic rings. The lowest BCUT2D eigenvalue weighted by atomic mass is 10.3. The van der Waals surface area contributed by atoms with Gasteiger partial charge in [0.1, 0.15) is 0 Å². The number of anilines is 1. The minimum absolute atomic E-state index is 0.130. The fraction of sp³-hybridized carbons (Fsp3) is 0. The Bertz CT molecular complexity index is 472. The van der Waals surface area contributed by atoms with Gasteiger partial charge in [0.2, 0.25) is 6.41 Å². The zero-order valence-corrected chi connectivity index (χ0v) is 7.99. The quantitative estimate of drug-likeness (QED) is 0.588. The molecule has 0 saturated heterocycles. The molecule has 1 rings (SSSR count). The van der Waals surface area contributed by atoms with Crippen molar-refractivity contribution in [1.29, 1.82) is 0 Å². The van der Waals surface area contributed by atoms with Crippen LogP contribution < -0.4 is 9.50 Å². The van der Waals surface area contributed by atoms with Crippen molar-refractivity contribution in [2.45, 2.75) is 0 Å². The van der Waals surface area contributed by atoms with Crippen molar-refractivity contribution in [1.82, 2.24) is 0 Å². The molecule has 0 bridgehead atoms. The summed E-state index contributed by atoms with van der Waals surface area (Å²) >= 11 is 0. The Morgan fingerprint density at radius 2 is 2.13 bits per heavy atom. The number of benzene rings is 1. The van der Waals surface area contributed by atoms with Crippen molar-refractivity contribution in [3.8, 4) is 5.75 Å². The minimum Gasteiger partial charge on any atom is -0.359 e. The van der Waals surface area contributed by atoms with Crippen LogP contribution in [0.5, 0.6) is 5.75 Å². The van der Waals surface area contributed by atoms with Crippen LogP contribution >= 0.6 is 0 Å². The fourth-order valence-corrected chi connectivity index (χ4v) is 1.19. The first-order chi connectivity index (χ1) is 6.92. The number of nitrogens with one attached hydrogen (secondary N) is 1. The highest BCUT2D eigenvalue weighted by Crippen LogP contribution is 2.22. The van der Waals surface area contributed by atoms with Gasteiger partial charge in [-0.15, -0.1) is 0 Å². The Hall–Kier alpha value is -1.67. The third-order valence-electron chi connectivity index (χ3n) is 1.35. The maximum absolute atomic E-state index is 12.9. The van der Waals surface area contributed by atoms with E-state index in [1.165, 1.54) is 6.07 Å². The highest BCUT2D eigenvalue weighted by molar-refractivity contribution is 7.81. The van der Waals surface area contributed by atoms with E-state index in [0.29, 0.717) is 6.41 Å². The molecule has 0 spiro atoms. The summed E-state index contributed by atoms with van der Waals surface area (Å²) in [5.74, 6) is -1.69. The van der Waals surface area contributed by atoms with E-state index in [-0.39, 0.29) is 5.69 Å². The average Bonchev–Trinajstić information content (AvgIpc) is 2.09. The van der Waals surface area contributed by atoms with Crippen molar-refractivity contribution >= 4 is 22.5 Å². The number of rotatable bonds is 4. The SMILES string of the molecule is O=CNc1ccc(F)c(OS(=O)(=O)O)c1. The molecule has 2 N–H and O–H groups in total. The number of amides is 1. The van der Waals surface area contributed by atoms with E-state index in [0.717, 1.165) is 12.1 Å². The van der Waals surface area contributed by atoms with E-state index in [1.807, 2.05) is 0 Å². The summed E-state index contributed by atoms with van der Waals surface area (Å²) in [7, 11) is -4.79. The van der Waals surface area contributed by atoms with Gasteiger partial charge < -0.3 is 9.50 Å². The van der Waals surface area contributed by atoms with E-state index < -0.39 is 22.0 Å². The van der Waals surface area contributed by atoms with Gasteiger partial charge in [0.05, 0.1) is 0 Å². The summed E-state index contributed by atoms with van der Waals surface area (Å²) < 4.78 is 45.7. The van der Waals surface area contributed by atoms with Crippen LogP contribution in [0.1, 0.15) is 0 Å². The van der Waals surface area contributed by atoms with Crippen LogP contribution in [-0.2, 0) is 15.2 Å². The van der Waals surface area contributed by atoms with Gasteiger partial charge in [-0.25, -0.2) is 4.39 Å². The van der Waals surface area contributed by atoms with Gasteiger partial charge in [-0.1, -0.05) is 0 Å². The molecule has 0 saturated carbocycles. The number of carbonyl (C=O) groups excluding carboxylic acids is 1. The minimum atomic E-state index is -4.79. The van der Waals surface area contributed by atoms with E-state index >= 15 is 0 Å². The molecule has 0 aliphatic carbocycles. The summed E-state index contributed by atoms with van der Waals surface area (Å²) in [6, 6.07) is 2.99. The molecular weight excluding hydrogens is 229 g/mol. The first-order valence-corrected chi connectivity index (χ1v) is 4.95. The molecule has 0 aromatic heterocycles. The van der Waals surface area contributed by atoms with E-state index in [4.69, 9.17) is 4.55 Å². The van der Waals surface area contributed by atoms with Crippen LogP contribution in [0.2, 0.25) is 0 Å². The van der Waals surface area contributed by atoms with Gasteiger partial charge in [0, 0.05) is 11.8 Å². The molecule has 1 amide bonds. The summed E-state index contributed by atoms with van der Waals surface area (Å²) in [4.78, 5) is 10.0. The monoisotopic (exact) mass is 235 g/mol. The molecule has 82 valence electrons. The Morgan fingerprint density at radius 1 is 1.47 bits per heavy atom. The second kappa shape index (κ2) is 4.24. The van der Waals surface area contributed by atoms with Crippen LogP contribution in [0.3, 0.4) is 0 Å². The van der Waals surface area contributed by atoms with Crippen molar-refractivity contribution in [2.75, 3.05) is 5.32 Å². The second-order valence-electron chi connectivity index (χ2n) is 2.42. The summed E-state index contributed by atoms with van der Waals surface area (Å²) in [6.07, 6.45) is 0.324. The average molecular weight is 235 g/mol. The Labute approximate surface area is 84.6 Å². The normalized spacial score (nSPS) is 10.8. The Morgan fingerprint density at radius 3 is 2.67 bits per heavy atom. The summed E-state index contributed by atoms with van der Waals surface area (Å²) in [5.41, 5.74) is 0.130. The van der Waals surface area contributed by atoms with Crippen molar-refractivity contribution < 1.29 is 26.3 Å². The zero-order valence-electron chi connectivity index (χ0n) is 7.18. The molecule has 1 aromatic carbocycles. The van der Waals surface area contributed by atoms with Gasteiger partial charge in [-0.2, -0.15) is 8.42 Å². The zero-order chi connectivity index (χ0) is 11.5.